The zero-order valence-electron chi connectivity index (χ0n) is 10.6. The molecule has 3 rings (SSSR count). The summed E-state index contributed by atoms with van der Waals surface area (Å²) in [6, 6.07) is 4.40. The number of benzene rings is 1. The number of rotatable bonds is 2. The van der Waals surface area contributed by atoms with Crippen LogP contribution in [0.2, 0.25) is 0 Å². The van der Waals surface area contributed by atoms with Crippen LogP contribution in [0.5, 0.6) is 5.75 Å². The third-order valence-electron chi connectivity index (χ3n) is 2.88. The molecule has 21 heavy (non-hydrogen) atoms. The summed E-state index contributed by atoms with van der Waals surface area (Å²) in [5.74, 6) is -0.192. The monoisotopic (exact) mass is 326 g/mol. The van der Waals surface area contributed by atoms with Gasteiger partial charge in [-0.15, -0.1) is 0 Å². The van der Waals surface area contributed by atoms with Crippen molar-refractivity contribution in [3.8, 4) is 5.75 Å². The molecule has 1 aromatic carbocycles. The van der Waals surface area contributed by atoms with E-state index in [0.29, 0.717) is 5.56 Å². The van der Waals surface area contributed by atoms with E-state index in [-0.39, 0.29) is 17.2 Å². The van der Waals surface area contributed by atoms with Crippen molar-refractivity contribution in [2.45, 2.75) is 4.90 Å². The van der Waals surface area contributed by atoms with Crippen molar-refractivity contribution in [2.75, 3.05) is 6.54 Å². The van der Waals surface area contributed by atoms with E-state index in [1.54, 1.807) is 12.1 Å². The Morgan fingerprint density at radius 3 is 2.81 bits per heavy atom. The fourth-order valence-corrected chi connectivity index (χ4v) is 4.11. The minimum atomic E-state index is -3.94. The van der Waals surface area contributed by atoms with Crippen molar-refractivity contribution < 1.29 is 21.0 Å². The van der Waals surface area contributed by atoms with Gasteiger partial charge in [0, 0.05) is 11.8 Å². The predicted molar refractivity (Wildman–Crippen MR) is 76.5 cm³/mol. The Kier molecular flexibility index (Phi) is 3.10. The molecular weight excluding hydrogens is 316 g/mol. The third-order valence-corrected chi connectivity index (χ3v) is 5.49. The van der Waals surface area contributed by atoms with E-state index in [1.807, 2.05) is 0 Å². The van der Waals surface area contributed by atoms with Crippen LogP contribution in [0, 0.1) is 0 Å². The van der Waals surface area contributed by atoms with Gasteiger partial charge in [0.1, 0.15) is 11.2 Å². The first-order chi connectivity index (χ1) is 9.90. The normalized spacial score (nSPS) is 19.1. The van der Waals surface area contributed by atoms with E-state index in [9.17, 15) is 16.8 Å². The predicted octanol–water partition coefficient (Wildman–Crippen LogP) is 0.926. The maximum Gasteiger partial charge on any atom is 0.332 e. The summed E-state index contributed by atoms with van der Waals surface area (Å²) in [5, 5.41) is 0.886. The Labute approximate surface area is 122 Å². The zero-order chi connectivity index (χ0) is 15.1. The van der Waals surface area contributed by atoms with E-state index in [4.69, 9.17) is 4.18 Å². The van der Waals surface area contributed by atoms with Crippen molar-refractivity contribution in [2.24, 2.45) is 4.99 Å². The van der Waals surface area contributed by atoms with Crippen LogP contribution in [0.1, 0.15) is 5.56 Å². The Hall–Kier alpha value is -2.13. The first kappa shape index (κ1) is 13.8. The molecular formula is C12H10N2O5S2. The summed E-state index contributed by atoms with van der Waals surface area (Å²) in [4.78, 5) is 3.55. The summed E-state index contributed by atoms with van der Waals surface area (Å²) in [6.45, 7) is 0.123. The maximum absolute atomic E-state index is 12.6. The number of sulfonamides is 1. The van der Waals surface area contributed by atoms with Crippen molar-refractivity contribution in [1.29, 1.82) is 0 Å². The summed E-state index contributed by atoms with van der Waals surface area (Å²) < 4.78 is 54.0. The van der Waals surface area contributed by atoms with Gasteiger partial charge in [-0.1, -0.05) is 12.1 Å². The fourth-order valence-electron chi connectivity index (χ4n) is 1.92. The smallest absolute Gasteiger partial charge is 0.332 e. The molecule has 0 unspecified atom stereocenters. The summed E-state index contributed by atoms with van der Waals surface area (Å²) in [5.41, 5.74) is 0.385. The van der Waals surface area contributed by atoms with E-state index >= 15 is 0 Å². The number of fused-ring (bicyclic) bond motifs is 1. The molecule has 1 aromatic rings. The second-order valence-electron chi connectivity index (χ2n) is 4.28. The van der Waals surface area contributed by atoms with E-state index in [2.05, 4.69) is 4.99 Å². The van der Waals surface area contributed by atoms with Gasteiger partial charge in [-0.25, -0.2) is 13.4 Å². The van der Waals surface area contributed by atoms with E-state index in [1.165, 1.54) is 30.7 Å². The highest BCUT2D eigenvalue weighted by atomic mass is 32.2. The second-order valence-corrected chi connectivity index (χ2v) is 7.56. The lowest BCUT2D eigenvalue weighted by Crippen LogP contribution is -2.31. The van der Waals surface area contributed by atoms with E-state index in [0.717, 1.165) is 9.71 Å². The van der Waals surface area contributed by atoms with Gasteiger partial charge in [-0.05, 0) is 18.2 Å². The standard InChI is InChI=1S/C12H10N2O5S2/c15-20(16)8-5-10-3-1-4-11(12(10)19-20)21(17,18)14-7-2-6-13-9-14/h1-6,8-9H,7H2. The van der Waals surface area contributed by atoms with Crippen LogP contribution >= 0.6 is 0 Å². The molecule has 0 saturated heterocycles. The highest BCUT2D eigenvalue weighted by Crippen LogP contribution is 2.35. The van der Waals surface area contributed by atoms with Crippen LogP contribution < -0.4 is 4.18 Å². The molecule has 2 aliphatic heterocycles. The van der Waals surface area contributed by atoms with Crippen molar-refractivity contribution in [3.63, 3.8) is 0 Å². The Balaban J connectivity index is 2.15. The molecule has 0 spiro atoms. The Morgan fingerprint density at radius 2 is 2.10 bits per heavy atom. The molecule has 0 amide bonds. The average molecular weight is 326 g/mol. The highest BCUT2D eigenvalue weighted by molar-refractivity contribution is 7.91. The lowest BCUT2D eigenvalue weighted by molar-refractivity contribution is 0.483. The van der Waals surface area contributed by atoms with Crippen LogP contribution in [0.15, 0.2) is 45.8 Å². The number of para-hydroxylation sites is 1. The minimum Gasteiger partial charge on any atom is -0.377 e. The molecule has 2 aliphatic rings. The van der Waals surface area contributed by atoms with Gasteiger partial charge in [0.05, 0.1) is 12.0 Å². The molecule has 0 fully saturated rings. The summed E-state index contributed by atoms with van der Waals surface area (Å²) in [7, 11) is -7.87. The van der Waals surface area contributed by atoms with Crippen LogP contribution in [-0.4, -0.2) is 34.0 Å². The largest absolute Gasteiger partial charge is 0.377 e. The summed E-state index contributed by atoms with van der Waals surface area (Å²) >= 11 is 0. The zero-order valence-corrected chi connectivity index (χ0v) is 12.2. The van der Waals surface area contributed by atoms with E-state index < -0.39 is 20.1 Å². The molecule has 0 bridgehead atoms. The van der Waals surface area contributed by atoms with Gasteiger partial charge in [-0.3, -0.25) is 4.31 Å². The van der Waals surface area contributed by atoms with Crippen LogP contribution in [-0.2, 0) is 20.1 Å². The van der Waals surface area contributed by atoms with Crippen LogP contribution in [0.3, 0.4) is 0 Å². The maximum atomic E-state index is 12.6. The first-order valence-corrected chi connectivity index (χ1v) is 8.77. The molecule has 7 nitrogen and oxygen atoms in total. The van der Waals surface area contributed by atoms with Crippen LogP contribution in [0.4, 0.5) is 0 Å². The molecule has 110 valence electrons. The van der Waals surface area contributed by atoms with Crippen LogP contribution in [0.25, 0.3) is 6.08 Å². The SMILES string of the molecule is O=S1(=O)C=Cc2cccc(S(=O)(=O)N3C=NC=CC3)c2O1. The first-order valence-electron chi connectivity index (χ1n) is 5.86. The molecule has 0 radical (unpaired) electrons. The van der Waals surface area contributed by atoms with Crippen molar-refractivity contribution >= 4 is 32.6 Å². The number of hydrogen-bond acceptors (Lipinski definition) is 6. The molecule has 0 saturated carbocycles. The van der Waals surface area contributed by atoms with Gasteiger partial charge < -0.3 is 4.18 Å². The molecule has 0 atom stereocenters. The van der Waals surface area contributed by atoms with Gasteiger partial charge in [0.2, 0.25) is 0 Å². The van der Waals surface area contributed by atoms with Gasteiger partial charge in [0.15, 0.2) is 5.75 Å². The van der Waals surface area contributed by atoms with Gasteiger partial charge in [0.25, 0.3) is 10.0 Å². The second kappa shape index (κ2) is 4.71. The molecule has 0 aliphatic carbocycles. The summed E-state index contributed by atoms with van der Waals surface area (Å²) in [6.07, 6.45) is 5.53. The molecule has 0 N–H and O–H groups in total. The fraction of sp³-hybridized carbons (Fsp3) is 0.0833. The number of hydrogen-bond donors (Lipinski definition) is 0. The number of nitrogens with zero attached hydrogens (tertiary/aromatic N) is 2. The molecule has 0 aromatic heterocycles. The van der Waals surface area contributed by atoms with Crippen molar-refractivity contribution in [3.05, 3.63) is 41.4 Å². The Morgan fingerprint density at radius 1 is 1.29 bits per heavy atom. The third kappa shape index (κ3) is 2.45. The quantitative estimate of drug-likeness (QED) is 0.754. The topological polar surface area (TPSA) is 93.1 Å². The molecule has 9 heteroatoms. The van der Waals surface area contributed by atoms with Gasteiger partial charge in [-0.2, -0.15) is 8.42 Å². The lowest BCUT2D eigenvalue weighted by atomic mass is 10.2. The van der Waals surface area contributed by atoms with Gasteiger partial charge >= 0.3 is 10.1 Å². The van der Waals surface area contributed by atoms with Crippen molar-refractivity contribution in [1.82, 2.24) is 4.31 Å². The minimum absolute atomic E-state index is 0.123. The Bertz CT molecular complexity index is 882. The average Bonchev–Trinajstić information content (AvgIpc) is 2.46. The molecule has 2 heterocycles. The number of aliphatic imine (C=N–C) groups is 1. The highest BCUT2D eigenvalue weighted by Gasteiger charge is 2.30. The lowest BCUT2D eigenvalue weighted by Gasteiger charge is -2.22.